The average molecular weight is 355 g/mol. The van der Waals surface area contributed by atoms with Crippen molar-refractivity contribution < 1.29 is 30.7 Å². The molecule has 0 fully saturated rings. The van der Waals surface area contributed by atoms with Crippen LogP contribution in [0, 0.1) is 30.7 Å². The van der Waals surface area contributed by atoms with E-state index in [1.165, 1.54) is 0 Å². The zero-order chi connectivity index (χ0) is 3.58. The summed E-state index contributed by atoms with van der Waals surface area (Å²) < 4.78 is 0. The summed E-state index contributed by atoms with van der Waals surface area (Å²) >= 11 is -2.24. The van der Waals surface area contributed by atoms with Crippen LogP contribution in [0.4, 0.5) is 0 Å². The Bertz CT molecular complexity index is 16.0. The second-order valence-corrected chi connectivity index (χ2v) is 14.0. The summed E-state index contributed by atoms with van der Waals surface area (Å²) in [4.78, 5) is 0. The van der Waals surface area contributed by atoms with Crippen LogP contribution >= 0.6 is 29.3 Å². The number of hydrogen-bond acceptors (Lipinski definition) is 0. The molecule has 0 aliphatic rings. The molecule has 0 nitrogen and oxygen atoms in total. The van der Waals surface area contributed by atoms with Gasteiger partial charge in [-0.3, -0.25) is 0 Å². The van der Waals surface area contributed by atoms with Gasteiger partial charge in [-0.25, -0.2) is 0 Å². The van der Waals surface area contributed by atoms with Crippen molar-refractivity contribution in [3.8, 4) is 0 Å². The van der Waals surface area contributed by atoms with Gasteiger partial charge in [0.2, 0.25) is 0 Å². The standard InChI is InChI=1S/Ce.4ClH.3Na.3H/h;4*1H;;;;;;/q+3;;;;;;;;;;/p-3. The first-order chi connectivity index (χ1) is 1.73. The Morgan fingerprint density at radius 1 is 0.750 bits per heavy atom. The molecule has 39 valence electrons. The van der Waals surface area contributed by atoms with Gasteiger partial charge in [-0.05, 0) is 0 Å². The average Bonchev–Trinajstić information content (AvgIpc) is 0.811. The summed E-state index contributed by atoms with van der Waals surface area (Å²) in [6.07, 6.45) is 0. The van der Waals surface area contributed by atoms with Crippen molar-refractivity contribution in [2.75, 3.05) is 0 Å². The van der Waals surface area contributed by atoms with E-state index in [1.54, 1.807) is 0 Å². The van der Waals surface area contributed by atoms with Gasteiger partial charge in [-0.15, -0.1) is 12.4 Å². The molecule has 0 N–H and O–H groups in total. The van der Waals surface area contributed by atoms with Crippen LogP contribution in [0.1, 0.15) is 0 Å². The van der Waals surface area contributed by atoms with E-state index in [2.05, 4.69) is 0 Å². The third-order valence-corrected chi connectivity index (χ3v) is 0. The summed E-state index contributed by atoms with van der Waals surface area (Å²) in [5.74, 6) is 0. The minimum absolute atomic E-state index is 0. The molecule has 0 saturated carbocycles. The van der Waals surface area contributed by atoms with Crippen molar-refractivity contribution in [2.45, 2.75) is 0 Å². The fourth-order valence-corrected chi connectivity index (χ4v) is 0. The van der Waals surface area contributed by atoms with E-state index in [9.17, 15) is 0 Å². The zero-order valence-corrected chi connectivity index (χ0v) is 8.27. The third kappa shape index (κ3) is 41.8. The topological polar surface area (TPSA) is 0 Å². The normalized spacial score (nSPS) is 3.38. The Kier molecular flexibility index (Phi) is 83.6. The van der Waals surface area contributed by atoms with E-state index in [4.69, 9.17) is 16.9 Å². The molecular formula is H4CeCl4Na3. The van der Waals surface area contributed by atoms with E-state index in [0.717, 1.165) is 0 Å². The molecule has 8 heavy (non-hydrogen) atoms. The van der Waals surface area contributed by atoms with Crippen molar-refractivity contribution in [2.24, 2.45) is 0 Å². The summed E-state index contributed by atoms with van der Waals surface area (Å²) in [6, 6.07) is 0. The second-order valence-electron chi connectivity index (χ2n) is 0.214. The molecule has 0 heterocycles. The van der Waals surface area contributed by atoms with Crippen LogP contribution in [-0.2, 0) is 0 Å². The summed E-state index contributed by atoms with van der Waals surface area (Å²) in [7, 11) is 0. The molecule has 0 unspecified atom stereocenters. The first kappa shape index (κ1) is 29.2. The molecule has 8 heteroatoms. The van der Waals surface area contributed by atoms with Crippen LogP contribution in [0.25, 0.3) is 0 Å². The van der Waals surface area contributed by atoms with E-state index in [-0.39, 0.29) is 101 Å². The number of rotatable bonds is 0. The quantitative estimate of drug-likeness (QED) is 0.557. The summed E-state index contributed by atoms with van der Waals surface area (Å²) in [5, 5.41) is 0. The summed E-state index contributed by atoms with van der Waals surface area (Å²) in [5.41, 5.74) is 15.1. The molecule has 0 aromatic heterocycles. The van der Waals surface area contributed by atoms with Gasteiger partial charge >= 0.3 is 136 Å². The first-order valence-electron chi connectivity index (χ1n) is 0.567. The van der Waals surface area contributed by atoms with Gasteiger partial charge in [0, 0.05) is 0 Å². The van der Waals surface area contributed by atoms with E-state index >= 15 is 0 Å². The fraction of sp³-hybridized carbons (Fsp3) is 0. The van der Waals surface area contributed by atoms with Crippen molar-refractivity contribution in [1.82, 2.24) is 0 Å². The van der Waals surface area contributed by atoms with Crippen molar-refractivity contribution in [3.63, 3.8) is 0 Å². The van der Waals surface area contributed by atoms with Gasteiger partial charge in [0.15, 0.2) is 0 Å². The van der Waals surface area contributed by atoms with E-state index in [1.807, 2.05) is 0 Å². The minimum atomic E-state index is -2.24. The molecule has 0 aliphatic carbocycles. The van der Waals surface area contributed by atoms with Gasteiger partial charge in [-0.1, -0.05) is 0 Å². The number of hydrogen-bond donors (Lipinski definition) is 0. The predicted octanol–water partition coefficient (Wildman–Crippen LogP) is 0.545. The van der Waals surface area contributed by atoms with E-state index in [0.29, 0.717) is 0 Å². The van der Waals surface area contributed by atoms with Crippen LogP contribution in [0.5, 0.6) is 0 Å². The maximum absolute atomic E-state index is 5.02. The van der Waals surface area contributed by atoms with Gasteiger partial charge in [0.25, 0.3) is 0 Å². The van der Waals surface area contributed by atoms with Gasteiger partial charge < -0.3 is 0 Å². The molecule has 0 saturated heterocycles. The third-order valence-electron chi connectivity index (χ3n) is 0. The monoisotopic (exact) mass is 353 g/mol. The van der Waals surface area contributed by atoms with Crippen LogP contribution < -0.4 is 0 Å². The Labute approximate surface area is 144 Å². The Morgan fingerprint density at radius 3 is 0.750 bits per heavy atom. The molecule has 0 aromatic carbocycles. The molecule has 0 aromatic rings. The van der Waals surface area contributed by atoms with Crippen LogP contribution in [-0.4, -0.2) is 88.7 Å². The fourth-order valence-electron chi connectivity index (χ4n) is 0. The first-order valence-corrected chi connectivity index (χ1v) is 12.4. The van der Waals surface area contributed by atoms with E-state index < -0.39 is 30.7 Å². The molecule has 0 rings (SSSR count). The number of halogens is 4. The van der Waals surface area contributed by atoms with Crippen LogP contribution in [0.3, 0.4) is 0 Å². The predicted molar refractivity (Wildman–Crippen MR) is 46.3 cm³/mol. The zero-order valence-electron chi connectivity index (χ0n) is 2.04. The molecule has 0 amide bonds. The Hall–Kier alpha value is 5.54. The van der Waals surface area contributed by atoms with Gasteiger partial charge in [-0.2, -0.15) is 0 Å². The SMILES string of the molecule is Cl.[Cl][Ce]([Cl])[Cl].[NaH].[NaH].[NaH]. The maximum atomic E-state index is 5.02. The van der Waals surface area contributed by atoms with Crippen LogP contribution in [0.2, 0.25) is 0 Å². The van der Waals surface area contributed by atoms with Crippen molar-refractivity contribution >= 4 is 118 Å². The van der Waals surface area contributed by atoms with Gasteiger partial charge in [0.1, 0.15) is 0 Å². The summed E-state index contributed by atoms with van der Waals surface area (Å²) in [6.45, 7) is 0. The molecule has 0 bridgehead atoms. The van der Waals surface area contributed by atoms with Crippen LogP contribution in [0.15, 0.2) is 0 Å². The van der Waals surface area contributed by atoms with Crippen molar-refractivity contribution in [1.29, 1.82) is 0 Å². The Balaban J connectivity index is -0.00000000750. The molecule has 0 spiro atoms. The molecule has 0 aliphatic heterocycles. The van der Waals surface area contributed by atoms with Gasteiger partial charge in [0.05, 0.1) is 0 Å². The van der Waals surface area contributed by atoms with Crippen molar-refractivity contribution in [3.05, 3.63) is 0 Å². The second kappa shape index (κ2) is 22.9. The molecule has 0 atom stereocenters. The Morgan fingerprint density at radius 2 is 0.750 bits per heavy atom. The molecule has 0 radical (unpaired) electrons. The molecular weight excluding hydrogens is 351 g/mol.